The summed E-state index contributed by atoms with van der Waals surface area (Å²) in [5.74, 6) is -1.81. The highest BCUT2D eigenvalue weighted by molar-refractivity contribution is 5.71. The Balaban J connectivity index is 1.70. The van der Waals surface area contributed by atoms with E-state index in [1.807, 2.05) is 30.3 Å². The molecule has 39 heavy (non-hydrogen) atoms. The lowest BCUT2D eigenvalue weighted by Crippen LogP contribution is -2.36. The molecule has 2 rings (SSSR count). The maximum Gasteiger partial charge on any atom is 0.309 e. The Bertz CT molecular complexity index is 784. The van der Waals surface area contributed by atoms with Crippen molar-refractivity contribution in [3.63, 3.8) is 0 Å². The smallest absolute Gasteiger partial charge is 0.309 e. The van der Waals surface area contributed by atoms with Gasteiger partial charge < -0.3 is 19.7 Å². The van der Waals surface area contributed by atoms with Crippen molar-refractivity contribution in [1.29, 1.82) is 0 Å². The number of aliphatic hydroxyl groups is 1. The van der Waals surface area contributed by atoms with Gasteiger partial charge in [-0.05, 0) is 69.8 Å². The van der Waals surface area contributed by atoms with Gasteiger partial charge in [-0.2, -0.15) is 0 Å². The van der Waals surface area contributed by atoms with Crippen molar-refractivity contribution >= 4 is 5.97 Å². The SMILES string of the molecule is CCCCC/C=C\C/C=C\CCCCCCCC(CC(O)C(Cc1ccccc1)C(=O)O)OC1CCCCO1. The molecule has 5 nitrogen and oxygen atoms in total. The van der Waals surface area contributed by atoms with Crippen LogP contribution < -0.4 is 0 Å². The predicted molar refractivity (Wildman–Crippen MR) is 160 cm³/mol. The van der Waals surface area contributed by atoms with Crippen molar-refractivity contribution in [3.8, 4) is 0 Å². The van der Waals surface area contributed by atoms with Crippen molar-refractivity contribution in [2.24, 2.45) is 5.92 Å². The van der Waals surface area contributed by atoms with Gasteiger partial charge in [0.2, 0.25) is 0 Å². The quantitative estimate of drug-likeness (QED) is 0.114. The fourth-order valence-electron chi connectivity index (χ4n) is 5.15. The minimum atomic E-state index is -0.964. The number of carbonyl (C=O) groups is 1. The fourth-order valence-corrected chi connectivity index (χ4v) is 5.15. The molecule has 1 fully saturated rings. The van der Waals surface area contributed by atoms with Gasteiger partial charge in [0.05, 0.1) is 18.1 Å². The lowest BCUT2D eigenvalue weighted by molar-refractivity contribution is -0.196. The van der Waals surface area contributed by atoms with Gasteiger partial charge in [-0.15, -0.1) is 0 Å². The number of rotatable bonds is 22. The van der Waals surface area contributed by atoms with E-state index in [2.05, 4.69) is 31.2 Å². The van der Waals surface area contributed by atoms with Crippen molar-refractivity contribution in [3.05, 3.63) is 60.2 Å². The number of aliphatic carboxylic acids is 1. The monoisotopic (exact) mass is 542 g/mol. The minimum absolute atomic E-state index is 0.196. The van der Waals surface area contributed by atoms with Gasteiger partial charge in [-0.3, -0.25) is 4.79 Å². The standard InChI is InChI=1S/C34H54O5/c1-2-3-4-5-6-7-8-9-10-11-12-13-14-15-19-24-30(39-33-25-20-21-26-38-33)28-32(35)31(34(36)37)27-29-22-17-16-18-23-29/h6-7,9-10,16-18,22-23,30-33,35H,2-5,8,11-15,19-21,24-28H2,1H3,(H,36,37)/b7-6-,10-9-. The first-order valence-electron chi connectivity index (χ1n) is 15.6. The summed E-state index contributed by atoms with van der Waals surface area (Å²) < 4.78 is 12.1. The Morgan fingerprint density at radius 2 is 1.67 bits per heavy atom. The number of allylic oxidation sites excluding steroid dienone is 4. The third kappa shape index (κ3) is 16.0. The molecule has 0 aliphatic carbocycles. The Hall–Kier alpha value is -1.95. The molecule has 1 aliphatic heterocycles. The third-order valence-electron chi connectivity index (χ3n) is 7.54. The van der Waals surface area contributed by atoms with Crippen LogP contribution in [0.15, 0.2) is 54.6 Å². The molecule has 1 aliphatic rings. The van der Waals surface area contributed by atoms with Crippen molar-refractivity contribution < 1.29 is 24.5 Å². The van der Waals surface area contributed by atoms with E-state index < -0.39 is 18.0 Å². The van der Waals surface area contributed by atoms with Gasteiger partial charge in [-0.1, -0.05) is 100 Å². The number of aliphatic hydroxyl groups excluding tert-OH is 1. The zero-order valence-electron chi connectivity index (χ0n) is 24.4. The van der Waals surface area contributed by atoms with E-state index in [0.717, 1.165) is 56.9 Å². The van der Waals surface area contributed by atoms with E-state index in [1.165, 1.54) is 44.9 Å². The van der Waals surface area contributed by atoms with Crippen molar-refractivity contribution in [2.75, 3.05) is 6.61 Å². The van der Waals surface area contributed by atoms with Crippen LogP contribution in [-0.2, 0) is 20.7 Å². The van der Waals surface area contributed by atoms with Crippen LogP contribution in [0.1, 0.15) is 115 Å². The molecule has 0 bridgehead atoms. The van der Waals surface area contributed by atoms with Crippen molar-refractivity contribution in [2.45, 2.75) is 135 Å². The van der Waals surface area contributed by atoms with Crippen LogP contribution in [0.25, 0.3) is 0 Å². The molecule has 2 N–H and O–H groups in total. The molecule has 0 amide bonds. The number of carboxylic acid groups (broad SMARTS) is 1. The Labute approximate surface area is 237 Å². The maximum atomic E-state index is 12.0. The van der Waals surface area contributed by atoms with Crippen LogP contribution in [-0.4, -0.2) is 41.3 Å². The second kappa shape index (κ2) is 21.8. The van der Waals surface area contributed by atoms with Gasteiger partial charge in [0.15, 0.2) is 6.29 Å². The first-order valence-corrected chi connectivity index (χ1v) is 15.6. The predicted octanol–water partition coefficient (Wildman–Crippen LogP) is 8.41. The molecule has 1 saturated heterocycles. The van der Waals surface area contributed by atoms with Crippen LogP contribution >= 0.6 is 0 Å². The lowest BCUT2D eigenvalue weighted by Gasteiger charge is -2.30. The summed E-state index contributed by atoms with van der Waals surface area (Å²) in [4.78, 5) is 12.0. The summed E-state index contributed by atoms with van der Waals surface area (Å²) in [6.07, 6.45) is 25.2. The Morgan fingerprint density at radius 1 is 0.974 bits per heavy atom. The summed E-state index contributed by atoms with van der Waals surface area (Å²) in [6.45, 7) is 2.94. The first kappa shape index (κ1) is 33.3. The van der Waals surface area contributed by atoms with E-state index in [1.54, 1.807) is 0 Å². The first-order chi connectivity index (χ1) is 19.1. The van der Waals surface area contributed by atoms with Crippen LogP contribution in [0.2, 0.25) is 0 Å². The molecule has 5 heteroatoms. The van der Waals surface area contributed by atoms with Crippen molar-refractivity contribution in [1.82, 2.24) is 0 Å². The highest BCUT2D eigenvalue weighted by Gasteiger charge is 2.30. The Kier molecular flexibility index (Phi) is 18.6. The highest BCUT2D eigenvalue weighted by Crippen LogP contribution is 2.24. The van der Waals surface area contributed by atoms with Crippen LogP contribution in [0.3, 0.4) is 0 Å². The lowest BCUT2D eigenvalue weighted by atomic mass is 9.90. The average molecular weight is 543 g/mol. The number of unbranched alkanes of at least 4 members (excludes halogenated alkanes) is 8. The highest BCUT2D eigenvalue weighted by atomic mass is 16.7. The Morgan fingerprint density at radius 3 is 2.33 bits per heavy atom. The second-order valence-corrected chi connectivity index (χ2v) is 11.0. The molecule has 1 aromatic rings. The van der Waals surface area contributed by atoms with E-state index in [4.69, 9.17) is 9.47 Å². The summed E-state index contributed by atoms with van der Waals surface area (Å²) in [7, 11) is 0. The minimum Gasteiger partial charge on any atom is -0.481 e. The normalized spacial score (nSPS) is 18.5. The average Bonchev–Trinajstić information content (AvgIpc) is 2.94. The summed E-state index contributed by atoms with van der Waals surface area (Å²) in [5, 5.41) is 20.8. The molecule has 1 aromatic carbocycles. The molecule has 220 valence electrons. The van der Waals surface area contributed by atoms with Gasteiger partial charge in [0, 0.05) is 13.0 Å². The zero-order valence-corrected chi connectivity index (χ0v) is 24.4. The summed E-state index contributed by atoms with van der Waals surface area (Å²) >= 11 is 0. The number of carboxylic acids is 1. The van der Waals surface area contributed by atoms with Crippen LogP contribution in [0.5, 0.6) is 0 Å². The maximum absolute atomic E-state index is 12.0. The largest absolute Gasteiger partial charge is 0.481 e. The zero-order chi connectivity index (χ0) is 28.0. The molecule has 1 heterocycles. The summed E-state index contributed by atoms with van der Waals surface area (Å²) in [5.41, 5.74) is 0.922. The van der Waals surface area contributed by atoms with Gasteiger partial charge in [0.25, 0.3) is 0 Å². The summed E-state index contributed by atoms with van der Waals surface area (Å²) in [6, 6.07) is 9.54. The van der Waals surface area contributed by atoms with Gasteiger partial charge >= 0.3 is 5.97 Å². The number of hydrogen-bond acceptors (Lipinski definition) is 4. The topological polar surface area (TPSA) is 76.0 Å². The number of hydrogen-bond donors (Lipinski definition) is 2. The van der Waals surface area contributed by atoms with E-state index in [-0.39, 0.29) is 12.4 Å². The van der Waals surface area contributed by atoms with Gasteiger partial charge in [-0.25, -0.2) is 0 Å². The molecular formula is C34H54O5. The number of ether oxygens (including phenoxy) is 2. The molecule has 4 unspecified atom stereocenters. The van der Waals surface area contributed by atoms with E-state index in [0.29, 0.717) is 19.4 Å². The fraction of sp³-hybridized carbons (Fsp3) is 0.676. The molecule has 0 saturated carbocycles. The molecule has 4 atom stereocenters. The molecule has 0 spiro atoms. The second-order valence-electron chi connectivity index (χ2n) is 11.0. The van der Waals surface area contributed by atoms with E-state index in [9.17, 15) is 15.0 Å². The van der Waals surface area contributed by atoms with E-state index >= 15 is 0 Å². The van der Waals surface area contributed by atoms with Gasteiger partial charge in [0.1, 0.15) is 0 Å². The van der Waals surface area contributed by atoms with Crippen LogP contribution in [0, 0.1) is 5.92 Å². The number of benzene rings is 1. The third-order valence-corrected chi connectivity index (χ3v) is 7.54. The molecule has 0 aromatic heterocycles. The van der Waals surface area contributed by atoms with Crippen LogP contribution in [0.4, 0.5) is 0 Å². The molecule has 0 radical (unpaired) electrons. The molecular weight excluding hydrogens is 488 g/mol.